The molecule has 140 valence electrons. The van der Waals surface area contributed by atoms with E-state index in [2.05, 4.69) is 15.3 Å². The number of thioether (sulfide) groups is 1. The third kappa shape index (κ3) is 5.24. The summed E-state index contributed by atoms with van der Waals surface area (Å²) < 4.78 is 18.0. The number of amides is 1. The maximum absolute atomic E-state index is 12.9. The highest BCUT2D eigenvalue weighted by atomic mass is 32.2. The third-order valence-electron chi connectivity index (χ3n) is 3.61. The largest absolute Gasteiger partial charge is 0.452 e. The molecule has 1 atom stereocenters. The average Bonchev–Trinajstić information content (AvgIpc) is 3.15. The molecule has 2 heterocycles. The molecule has 0 bridgehead atoms. The van der Waals surface area contributed by atoms with Crippen molar-refractivity contribution < 1.29 is 18.7 Å². The normalized spacial score (nSPS) is 11.9. The Balaban J connectivity index is 1.46. The average molecular weight is 405 g/mol. The molecular weight excluding hydrogens is 389 g/mol. The summed E-state index contributed by atoms with van der Waals surface area (Å²) in [4.78, 5) is 33.2. The zero-order valence-corrected chi connectivity index (χ0v) is 16.0. The number of nitrogens with one attached hydrogen (secondary N) is 1. The van der Waals surface area contributed by atoms with Gasteiger partial charge in [-0.05, 0) is 36.1 Å². The van der Waals surface area contributed by atoms with E-state index < -0.39 is 18.0 Å². The molecule has 3 aromatic rings. The summed E-state index contributed by atoms with van der Waals surface area (Å²) in [7, 11) is 0. The molecule has 0 aliphatic heterocycles. The minimum Gasteiger partial charge on any atom is -0.452 e. The van der Waals surface area contributed by atoms with Gasteiger partial charge in [0.1, 0.15) is 22.0 Å². The van der Waals surface area contributed by atoms with E-state index in [1.807, 2.05) is 11.4 Å². The van der Waals surface area contributed by atoms with Crippen molar-refractivity contribution in [3.8, 4) is 0 Å². The molecule has 0 aliphatic carbocycles. The van der Waals surface area contributed by atoms with Crippen LogP contribution in [0.1, 0.15) is 12.5 Å². The predicted molar refractivity (Wildman–Crippen MR) is 102 cm³/mol. The summed E-state index contributed by atoms with van der Waals surface area (Å²) in [5.41, 5.74) is 0.752. The number of hydrogen-bond acceptors (Lipinski definition) is 7. The monoisotopic (exact) mass is 405 g/mol. The molecule has 2 aromatic heterocycles. The van der Waals surface area contributed by atoms with Gasteiger partial charge in [0.15, 0.2) is 6.10 Å². The number of thiophene rings is 1. The highest BCUT2D eigenvalue weighted by Gasteiger charge is 2.18. The molecule has 0 saturated carbocycles. The number of nitrogens with zero attached hydrogens (tertiary/aromatic N) is 2. The van der Waals surface area contributed by atoms with Crippen LogP contribution < -0.4 is 5.32 Å². The van der Waals surface area contributed by atoms with Crippen molar-refractivity contribution in [2.75, 3.05) is 5.75 Å². The van der Waals surface area contributed by atoms with Crippen molar-refractivity contribution in [1.82, 2.24) is 15.3 Å². The number of halogens is 1. The first-order valence-electron chi connectivity index (χ1n) is 8.05. The smallest absolute Gasteiger partial charge is 0.317 e. The first kappa shape index (κ1) is 19.2. The second kappa shape index (κ2) is 8.92. The third-order valence-corrected chi connectivity index (χ3v) is 5.41. The lowest BCUT2D eigenvalue weighted by Crippen LogP contribution is -2.35. The highest BCUT2D eigenvalue weighted by molar-refractivity contribution is 8.00. The van der Waals surface area contributed by atoms with Gasteiger partial charge in [0.2, 0.25) is 0 Å². The first-order chi connectivity index (χ1) is 13.0. The number of rotatable bonds is 7. The van der Waals surface area contributed by atoms with Gasteiger partial charge in [0.25, 0.3) is 5.91 Å². The van der Waals surface area contributed by atoms with Gasteiger partial charge in [-0.1, -0.05) is 23.9 Å². The number of carbonyl (C=O) groups excluding carboxylic acids is 2. The Morgan fingerprint density at radius 3 is 2.81 bits per heavy atom. The Morgan fingerprint density at radius 1 is 1.26 bits per heavy atom. The SMILES string of the molecule is C[C@@H](OC(=O)CSc1ncnc2sccc12)C(=O)NCc1ccc(F)cc1. The zero-order valence-electron chi connectivity index (χ0n) is 14.3. The highest BCUT2D eigenvalue weighted by Crippen LogP contribution is 2.27. The van der Waals surface area contributed by atoms with E-state index in [4.69, 9.17) is 4.74 Å². The fourth-order valence-corrected chi connectivity index (χ4v) is 3.79. The molecule has 0 radical (unpaired) electrons. The van der Waals surface area contributed by atoms with Gasteiger partial charge < -0.3 is 10.1 Å². The molecule has 9 heteroatoms. The van der Waals surface area contributed by atoms with Crippen LogP contribution in [-0.4, -0.2) is 33.7 Å². The van der Waals surface area contributed by atoms with Crippen molar-refractivity contribution in [1.29, 1.82) is 0 Å². The van der Waals surface area contributed by atoms with Crippen LogP contribution in [0.5, 0.6) is 0 Å². The van der Waals surface area contributed by atoms with Crippen LogP contribution in [0, 0.1) is 5.82 Å². The number of aromatic nitrogens is 2. The van der Waals surface area contributed by atoms with Crippen LogP contribution in [0.2, 0.25) is 0 Å². The summed E-state index contributed by atoms with van der Waals surface area (Å²) >= 11 is 2.74. The lowest BCUT2D eigenvalue weighted by Gasteiger charge is -2.13. The lowest BCUT2D eigenvalue weighted by atomic mass is 10.2. The van der Waals surface area contributed by atoms with E-state index in [0.717, 1.165) is 15.8 Å². The molecule has 6 nitrogen and oxygen atoms in total. The maximum atomic E-state index is 12.9. The van der Waals surface area contributed by atoms with E-state index in [-0.39, 0.29) is 18.1 Å². The van der Waals surface area contributed by atoms with E-state index in [9.17, 15) is 14.0 Å². The number of carbonyl (C=O) groups is 2. The summed E-state index contributed by atoms with van der Waals surface area (Å²) in [5, 5.41) is 6.16. The van der Waals surface area contributed by atoms with Gasteiger partial charge in [0, 0.05) is 11.9 Å². The van der Waals surface area contributed by atoms with Gasteiger partial charge in [-0.2, -0.15) is 0 Å². The second-order valence-corrected chi connectivity index (χ2v) is 7.44. The van der Waals surface area contributed by atoms with Gasteiger partial charge in [-0.3, -0.25) is 9.59 Å². The van der Waals surface area contributed by atoms with Crippen LogP contribution in [-0.2, 0) is 20.9 Å². The Kier molecular flexibility index (Phi) is 6.36. The molecule has 0 fully saturated rings. The quantitative estimate of drug-likeness (QED) is 0.369. The summed E-state index contributed by atoms with van der Waals surface area (Å²) in [6.45, 7) is 1.73. The fourth-order valence-electron chi connectivity index (χ4n) is 2.23. The van der Waals surface area contributed by atoms with Crippen molar-refractivity contribution >= 4 is 45.2 Å². The Hall–Kier alpha value is -2.52. The molecule has 1 aromatic carbocycles. The molecule has 0 spiro atoms. The van der Waals surface area contributed by atoms with E-state index in [1.165, 1.54) is 48.5 Å². The van der Waals surface area contributed by atoms with Crippen molar-refractivity contribution in [3.05, 3.63) is 53.4 Å². The van der Waals surface area contributed by atoms with Gasteiger partial charge in [-0.25, -0.2) is 14.4 Å². The molecule has 0 aliphatic rings. The Morgan fingerprint density at radius 2 is 2.04 bits per heavy atom. The topological polar surface area (TPSA) is 81.2 Å². The number of ether oxygens (including phenoxy) is 1. The van der Waals surface area contributed by atoms with Crippen LogP contribution in [0.25, 0.3) is 10.2 Å². The minimum absolute atomic E-state index is 0.0392. The van der Waals surface area contributed by atoms with Crippen LogP contribution in [0.4, 0.5) is 4.39 Å². The van der Waals surface area contributed by atoms with Crippen LogP contribution >= 0.6 is 23.1 Å². The van der Waals surface area contributed by atoms with Gasteiger partial charge >= 0.3 is 5.97 Å². The van der Waals surface area contributed by atoms with E-state index >= 15 is 0 Å². The molecule has 27 heavy (non-hydrogen) atoms. The molecule has 1 amide bonds. The van der Waals surface area contributed by atoms with Gasteiger partial charge in [-0.15, -0.1) is 11.3 Å². The first-order valence-corrected chi connectivity index (χ1v) is 9.92. The Bertz CT molecular complexity index is 946. The molecular formula is C18H16FN3O3S2. The summed E-state index contributed by atoms with van der Waals surface area (Å²) in [6, 6.07) is 7.70. The summed E-state index contributed by atoms with van der Waals surface area (Å²) in [5.74, 6) is -1.22. The van der Waals surface area contributed by atoms with E-state index in [0.29, 0.717) is 5.03 Å². The number of hydrogen-bond donors (Lipinski definition) is 1. The minimum atomic E-state index is -0.926. The molecule has 3 rings (SSSR count). The second-order valence-electron chi connectivity index (χ2n) is 5.58. The predicted octanol–water partition coefficient (Wildman–Crippen LogP) is 3.17. The van der Waals surface area contributed by atoms with Crippen molar-refractivity contribution in [2.24, 2.45) is 0 Å². The number of benzene rings is 1. The van der Waals surface area contributed by atoms with Crippen molar-refractivity contribution in [3.63, 3.8) is 0 Å². The maximum Gasteiger partial charge on any atom is 0.317 e. The van der Waals surface area contributed by atoms with Gasteiger partial charge in [0.05, 0.1) is 5.75 Å². The summed E-state index contributed by atoms with van der Waals surface area (Å²) in [6.07, 6.45) is 0.531. The standard InChI is InChI=1S/C18H16FN3O3S2/c1-11(16(24)20-8-12-2-4-13(19)5-3-12)25-15(23)9-27-18-14-6-7-26-17(14)21-10-22-18/h2-7,10-11H,8-9H2,1H3,(H,20,24)/t11-/m1/s1. The molecule has 1 N–H and O–H groups in total. The zero-order chi connectivity index (χ0) is 19.2. The lowest BCUT2D eigenvalue weighted by molar-refractivity contribution is -0.152. The number of fused-ring (bicyclic) bond motifs is 1. The fraction of sp³-hybridized carbons (Fsp3) is 0.222. The van der Waals surface area contributed by atoms with E-state index in [1.54, 1.807) is 12.1 Å². The number of esters is 1. The van der Waals surface area contributed by atoms with Crippen molar-refractivity contribution in [2.45, 2.75) is 24.6 Å². The Labute approximate surface area is 163 Å². The van der Waals surface area contributed by atoms with Crippen LogP contribution in [0.3, 0.4) is 0 Å². The molecule has 0 saturated heterocycles. The van der Waals surface area contributed by atoms with Crippen LogP contribution in [0.15, 0.2) is 47.1 Å². The molecule has 0 unspecified atom stereocenters.